The molecule has 0 spiro atoms. The number of methoxy groups -OCH3 is 1. The Morgan fingerprint density at radius 3 is 2.51 bits per heavy atom. The second-order valence-electron chi connectivity index (χ2n) is 10.0. The van der Waals surface area contributed by atoms with Gasteiger partial charge in [-0.15, -0.1) is 0 Å². The van der Waals surface area contributed by atoms with Crippen molar-refractivity contribution in [1.29, 1.82) is 0 Å². The number of ether oxygens (including phenoxy) is 2. The minimum atomic E-state index is -0.235. The number of anilines is 1. The predicted octanol–water partition coefficient (Wildman–Crippen LogP) is 3.95. The molecule has 0 saturated heterocycles. The normalized spacial score (nSPS) is 24.6. The zero-order chi connectivity index (χ0) is 25.5. The fourth-order valence-corrected chi connectivity index (χ4v) is 5.01. The average Bonchev–Trinajstić information content (AvgIpc) is 2.88. The van der Waals surface area contributed by atoms with Crippen molar-refractivity contribution < 1.29 is 23.9 Å². The number of carbonyl (C=O) groups is 3. The zero-order valence-corrected chi connectivity index (χ0v) is 21.8. The molecule has 0 unspecified atom stereocenters. The maximum absolute atomic E-state index is 13.5. The Balaban J connectivity index is 1.90. The Hall–Kier alpha value is -2.61. The molecule has 1 saturated carbocycles. The van der Waals surface area contributed by atoms with E-state index in [2.05, 4.69) is 5.32 Å². The lowest BCUT2D eigenvalue weighted by atomic mass is 9.88. The summed E-state index contributed by atoms with van der Waals surface area (Å²) in [6, 6.07) is 5.04. The van der Waals surface area contributed by atoms with Crippen LogP contribution in [0, 0.1) is 11.8 Å². The van der Waals surface area contributed by atoms with Crippen molar-refractivity contribution in [2.75, 3.05) is 39.2 Å². The molecule has 3 rings (SSSR count). The Labute approximate surface area is 209 Å². The molecule has 1 heterocycles. The molecule has 0 aromatic heterocycles. The third-order valence-corrected chi connectivity index (χ3v) is 7.31. The monoisotopic (exact) mass is 487 g/mol. The number of carbonyl (C=O) groups excluding carboxylic acids is 3. The van der Waals surface area contributed by atoms with Gasteiger partial charge in [0.05, 0.1) is 17.7 Å². The largest absolute Gasteiger partial charge is 0.491 e. The Kier molecular flexibility index (Phi) is 9.55. The molecule has 3 amide bonds. The summed E-state index contributed by atoms with van der Waals surface area (Å²) in [5, 5.41) is 3.01. The molecule has 1 aliphatic carbocycles. The summed E-state index contributed by atoms with van der Waals surface area (Å²) in [6.45, 7) is 7.01. The van der Waals surface area contributed by atoms with Gasteiger partial charge in [0.1, 0.15) is 12.4 Å². The molecule has 8 nitrogen and oxygen atoms in total. The highest BCUT2D eigenvalue weighted by atomic mass is 16.5. The average molecular weight is 488 g/mol. The summed E-state index contributed by atoms with van der Waals surface area (Å²) in [7, 11) is 3.37. The van der Waals surface area contributed by atoms with Gasteiger partial charge >= 0.3 is 0 Å². The molecule has 2 aliphatic rings. The van der Waals surface area contributed by atoms with Crippen LogP contribution < -0.4 is 10.1 Å². The van der Waals surface area contributed by atoms with Gasteiger partial charge in [0.15, 0.2) is 0 Å². The van der Waals surface area contributed by atoms with Crippen LogP contribution in [0.1, 0.15) is 69.7 Å². The van der Waals surface area contributed by atoms with Gasteiger partial charge in [-0.2, -0.15) is 0 Å². The van der Waals surface area contributed by atoms with Crippen molar-refractivity contribution in [2.24, 2.45) is 11.8 Å². The first-order valence-corrected chi connectivity index (χ1v) is 12.9. The highest BCUT2D eigenvalue weighted by Gasteiger charge is 2.30. The topological polar surface area (TPSA) is 88.2 Å². The Morgan fingerprint density at radius 1 is 1.14 bits per heavy atom. The standard InChI is InChI=1S/C27H41N3O5/c1-6-25(31)30-15-18(2)24(34-5)16-29(4)27(33)22-14-21(12-13-23(22)35-17-19(30)3)28-26(32)20-10-8-7-9-11-20/h12-14,18-20,24H,6-11,15-17H2,1-5H3,(H,28,32)/t18-,19+,24-/m0/s1. The van der Waals surface area contributed by atoms with Crippen LogP contribution in [0.3, 0.4) is 0 Å². The quantitative estimate of drug-likeness (QED) is 0.695. The molecule has 1 fully saturated rings. The summed E-state index contributed by atoms with van der Waals surface area (Å²) in [6.07, 6.45) is 5.32. The number of likely N-dealkylation sites (N-methyl/N-ethyl adjacent to an activating group) is 1. The van der Waals surface area contributed by atoms with Gasteiger partial charge in [-0.3, -0.25) is 14.4 Å². The molecule has 1 aliphatic heterocycles. The molecule has 194 valence electrons. The Bertz CT molecular complexity index is 899. The van der Waals surface area contributed by atoms with E-state index in [0.717, 1.165) is 25.7 Å². The van der Waals surface area contributed by atoms with Gasteiger partial charge in [0, 0.05) is 51.2 Å². The highest BCUT2D eigenvalue weighted by Crippen LogP contribution is 2.29. The number of benzene rings is 1. The second kappa shape index (κ2) is 12.4. The predicted molar refractivity (Wildman–Crippen MR) is 136 cm³/mol. The van der Waals surface area contributed by atoms with E-state index in [9.17, 15) is 14.4 Å². The van der Waals surface area contributed by atoms with Crippen molar-refractivity contribution in [3.63, 3.8) is 0 Å². The minimum Gasteiger partial charge on any atom is -0.491 e. The van der Waals surface area contributed by atoms with E-state index in [-0.39, 0.29) is 48.3 Å². The number of fused-ring (bicyclic) bond motifs is 1. The van der Waals surface area contributed by atoms with Crippen molar-refractivity contribution in [3.05, 3.63) is 23.8 Å². The SMILES string of the molecule is CCC(=O)N1C[C@H](C)[C@@H](OC)CN(C)C(=O)c2cc(NC(=O)C3CCCCC3)ccc2OC[C@H]1C. The van der Waals surface area contributed by atoms with E-state index in [1.807, 2.05) is 25.7 Å². The Morgan fingerprint density at radius 2 is 1.86 bits per heavy atom. The first-order valence-electron chi connectivity index (χ1n) is 12.9. The van der Waals surface area contributed by atoms with Crippen LogP contribution in [0.2, 0.25) is 0 Å². The van der Waals surface area contributed by atoms with Gasteiger partial charge in [0.2, 0.25) is 11.8 Å². The van der Waals surface area contributed by atoms with E-state index in [1.54, 1.807) is 37.3 Å². The maximum atomic E-state index is 13.5. The first kappa shape index (κ1) is 27.0. The molecule has 1 aromatic rings. The lowest BCUT2D eigenvalue weighted by Gasteiger charge is -2.36. The highest BCUT2D eigenvalue weighted by molar-refractivity contribution is 5.99. The van der Waals surface area contributed by atoms with Crippen LogP contribution in [0.15, 0.2) is 18.2 Å². The van der Waals surface area contributed by atoms with Gasteiger partial charge in [0.25, 0.3) is 5.91 Å². The lowest BCUT2D eigenvalue weighted by molar-refractivity contribution is -0.135. The number of hydrogen-bond acceptors (Lipinski definition) is 5. The van der Waals surface area contributed by atoms with Crippen molar-refractivity contribution >= 4 is 23.4 Å². The number of nitrogens with zero attached hydrogens (tertiary/aromatic N) is 2. The summed E-state index contributed by atoms with van der Waals surface area (Å²) in [5.41, 5.74) is 0.974. The first-order chi connectivity index (χ1) is 16.7. The molecule has 35 heavy (non-hydrogen) atoms. The maximum Gasteiger partial charge on any atom is 0.257 e. The van der Waals surface area contributed by atoms with E-state index >= 15 is 0 Å². The third kappa shape index (κ3) is 6.75. The summed E-state index contributed by atoms with van der Waals surface area (Å²) >= 11 is 0. The fraction of sp³-hybridized carbons (Fsp3) is 0.667. The third-order valence-electron chi connectivity index (χ3n) is 7.31. The van der Waals surface area contributed by atoms with E-state index in [4.69, 9.17) is 9.47 Å². The molecule has 1 N–H and O–H groups in total. The van der Waals surface area contributed by atoms with Crippen LogP contribution >= 0.6 is 0 Å². The second-order valence-corrected chi connectivity index (χ2v) is 10.0. The molecular formula is C27H41N3O5. The van der Waals surface area contributed by atoms with Crippen LogP contribution in [0.5, 0.6) is 5.75 Å². The lowest BCUT2D eigenvalue weighted by Crippen LogP contribution is -2.48. The van der Waals surface area contributed by atoms with Crippen LogP contribution in [0.4, 0.5) is 5.69 Å². The summed E-state index contributed by atoms with van der Waals surface area (Å²) in [5.74, 6) is 0.355. The van der Waals surface area contributed by atoms with Gasteiger partial charge in [-0.05, 0) is 38.0 Å². The van der Waals surface area contributed by atoms with Gasteiger partial charge in [-0.25, -0.2) is 0 Å². The van der Waals surface area contributed by atoms with Crippen molar-refractivity contribution in [1.82, 2.24) is 9.80 Å². The van der Waals surface area contributed by atoms with E-state index < -0.39 is 0 Å². The summed E-state index contributed by atoms with van der Waals surface area (Å²) in [4.78, 5) is 42.4. The van der Waals surface area contributed by atoms with E-state index in [0.29, 0.717) is 36.5 Å². The molecular weight excluding hydrogens is 446 g/mol. The van der Waals surface area contributed by atoms with E-state index in [1.165, 1.54) is 6.42 Å². The van der Waals surface area contributed by atoms with Gasteiger partial charge < -0.3 is 24.6 Å². The van der Waals surface area contributed by atoms with Gasteiger partial charge in [-0.1, -0.05) is 33.1 Å². The molecule has 3 atom stereocenters. The smallest absolute Gasteiger partial charge is 0.257 e. The van der Waals surface area contributed by atoms with Crippen LogP contribution in [-0.4, -0.2) is 73.5 Å². The number of rotatable bonds is 4. The molecule has 1 aromatic carbocycles. The fourth-order valence-electron chi connectivity index (χ4n) is 5.01. The number of hydrogen-bond donors (Lipinski definition) is 1. The zero-order valence-electron chi connectivity index (χ0n) is 21.8. The van der Waals surface area contributed by atoms with Crippen molar-refractivity contribution in [2.45, 2.75) is 71.4 Å². The van der Waals surface area contributed by atoms with Crippen molar-refractivity contribution in [3.8, 4) is 5.75 Å². The number of nitrogens with one attached hydrogen (secondary N) is 1. The summed E-state index contributed by atoms with van der Waals surface area (Å²) < 4.78 is 11.8. The molecule has 0 bridgehead atoms. The van der Waals surface area contributed by atoms with Crippen LogP contribution in [0.25, 0.3) is 0 Å². The number of amides is 3. The molecule has 8 heteroatoms. The minimum absolute atomic E-state index is 0.00939. The molecule has 0 radical (unpaired) electrons. The van der Waals surface area contributed by atoms with Crippen LogP contribution in [-0.2, 0) is 14.3 Å².